The molecule has 0 saturated carbocycles. The molecule has 133 valence electrons. The van der Waals surface area contributed by atoms with Gasteiger partial charge in [-0.25, -0.2) is 0 Å². The predicted octanol–water partition coefficient (Wildman–Crippen LogP) is 5.74. The monoisotopic (exact) mass is 343 g/mol. The molecule has 0 spiro atoms. The van der Waals surface area contributed by atoms with Crippen LogP contribution in [0.5, 0.6) is 5.75 Å². The first-order valence-corrected chi connectivity index (χ1v) is 8.71. The molecule has 26 heavy (non-hydrogen) atoms. The number of aryl methyl sites for hydroxylation is 2. The maximum atomic E-state index is 5.30. The molecule has 0 aromatic heterocycles. The Balaban J connectivity index is 0.000000192. The summed E-state index contributed by atoms with van der Waals surface area (Å²) < 4.78 is 5.30. The summed E-state index contributed by atoms with van der Waals surface area (Å²) in [5, 5.41) is 0. The Labute approximate surface area is 160 Å². The van der Waals surface area contributed by atoms with Crippen LogP contribution in [0.1, 0.15) is 30.5 Å². The van der Waals surface area contributed by atoms with Crippen LogP contribution in [0.4, 0.5) is 0 Å². The molecule has 0 N–H and O–H groups in total. The fourth-order valence-electron chi connectivity index (χ4n) is 3.02. The lowest BCUT2D eigenvalue weighted by Crippen LogP contribution is -1.85. The topological polar surface area (TPSA) is 9.23 Å². The number of ether oxygens (including phenoxy) is 1. The SMILES string of the molecule is C.[B].c1ccc2c(c1)CCC2.c1ccc2c(c1)CCO2.c1ccccc1. The van der Waals surface area contributed by atoms with Crippen LogP contribution in [0, 0.1) is 0 Å². The maximum absolute atomic E-state index is 5.30. The predicted molar refractivity (Wildman–Crippen MR) is 113 cm³/mol. The van der Waals surface area contributed by atoms with Crippen molar-refractivity contribution in [1.82, 2.24) is 0 Å². The van der Waals surface area contributed by atoms with Gasteiger partial charge in [0.15, 0.2) is 0 Å². The molecule has 3 aromatic carbocycles. The van der Waals surface area contributed by atoms with Gasteiger partial charge in [0.2, 0.25) is 0 Å². The lowest BCUT2D eigenvalue weighted by atomic mass is 10.1. The largest absolute Gasteiger partial charge is 0.493 e. The summed E-state index contributed by atoms with van der Waals surface area (Å²) >= 11 is 0. The van der Waals surface area contributed by atoms with Crippen molar-refractivity contribution in [2.75, 3.05) is 6.61 Å². The molecular weight excluding hydrogens is 315 g/mol. The third-order valence-corrected chi connectivity index (χ3v) is 4.28. The first-order valence-electron chi connectivity index (χ1n) is 8.71. The first-order chi connectivity index (χ1) is 11.9. The fourth-order valence-corrected chi connectivity index (χ4v) is 3.02. The molecule has 1 nitrogen and oxygen atoms in total. The van der Waals surface area contributed by atoms with E-state index in [4.69, 9.17) is 4.74 Å². The summed E-state index contributed by atoms with van der Waals surface area (Å²) in [6.07, 6.45) is 5.04. The van der Waals surface area contributed by atoms with E-state index >= 15 is 0 Å². The third kappa shape index (κ3) is 6.44. The minimum atomic E-state index is 0. The van der Waals surface area contributed by atoms with E-state index in [0.717, 1.165) is 18.8 Å². The van der Waals surface area contributed by atoms with Crippen LogP contribution in [0.15, 0.2) is 84.9 Å². The average molecular weight is 343 g/mol. The van der Waals surface area contributed by atoms with Gasteiger partial charge in [0.05, 0.1) is 6.61 Å². The van der Waals surface area contributed by atoms with E-state index in [2.05, 4.69) is 30.3 Å². The molecule has 0 unspecified atom stereocenters. The van der Waals surface area contributed by atoms with Gasteiger partial charge in [0.1, 0.15) is 5.75 Å². The molecule has 3 radical (unpaired) electrons. The quantitative estimate of drug-likeness (QED) is 0.473. The van der Waals surface area contributed by atoms with Crippen LogP contribution in [0.2, 0.25) is 0 Å². The molecule has 0 fully saturated rings. The van der Waals surface area contributed by atoms with E-state index in [1.165, 1.54) is 24.8 Å². The standard InChI is InChI=1S/C9H10.C8H8O.C6H6.CH4.B/c1-2-5-9-7-3-6-8(9)4-1;1-2-4-8-7(3-1)5-6-9-8;1-2-4-6-5-3-1;;/h1-2,4-5H,3,6-7H2;1-4H,5-6H2;1-6H;1H4;. The lowest BCUT2D eigenvalue weighted by molar-refractivity contribution is 0.357. The number of benzene rings is 3. The minimum absolute atomic E-state index is 0. The highest BCUT2D eigenvalue weighted by Gasteiger charge is 2.08. The first kappa shape index (κ1) is 21.6. The Morgan fingerprint density at radius 2 is 1.00 bits per heavy atom. The van der Waals surface area contributed by atoms with Crippen molar-refractivity contribution in [3.8, 4) is 5.75 Å². The molecule has 0 atom stereocenters. The number of rotatable bonds is 0. The van der Waals surface area contributed by atoms with Gasteiger partial charge in [-0.15, -0.1) is 0 Å². The molecule has 3 aromatic rings. The molecule has 2 aliphatic rings. The van der Waals surface area contributed by atoms with E-state index in [0.29, 0.717) is 0 Å². The minimum Gasteiger partial charge on any atom is -0.493 e. The summed E-state index contributed by atoms with van der Waals surface area (Å²) in [6, 6.07) is 28.9. The molecule has 2 heteroatoms. The van der Waals surface area contributed by atoms with E-state index in [9.17, 15) is 0 Å². The van der Waals surface area contributed by atoms with Gasteiger partial charge in [-0.05, 0) is 42.0 Å². The zero-order valence-electron chi connectivity index (χ0n) is 14.6. The van der Waals surface area contributed by atoms with Crippen molar-refractivity contribution in [2.45, 2.75) is 33.1 Å². The zero-order chi connectivity index (χ0) is 16.5. The Hall–Kier alpha value is -2.48. The van der Waals surface area contributed by atoms with Gasteiger partial charge in [0.25, 0.3) is 0 Å². The molecule has 1 aliphatic heterocycles. The van der Waals surface area contributed by atoms with Gasteiger partial charge in [0, 0.05) is 14.8 Å². The molecule has 0 saturated heterocycles. The van der Waals surface area contributed by atoms with Crippen LogP contribution < -0.4 is 4.74 Å². The van der Waals surface area contributed by atoms with Crippen LogP contribution in [-0.4, -0.2) is 15.0 Å². The van der Waals surface area contributed by atoms with Gasteiger partial charge < -0.3 is 4.74 Å². The van der Waals surface area contributed by atoms with E-state index in [1.807, 2.05) is 54.6 Å². The average Bonchev–Trinajstić information content (AvgIpc) is 3.33. The van der Waals surface area contributed by atoms with Crippen molar-refractivity contribution in [3.63, 3.8) is 0 Å². The zero-order valence-corrected chi connectivity index (χ0v) is 14.6. The summed E-state index contributed by atoms with van der Waals surface area (Å²) in [4.78, 5) is 0. The fraction of sp³-hybridized carbons (Fsp3) is 0.250. The summed E-state index contributed by atoms with van der Waals surface area (Å²) in [6.45, 7) is 0.860. The number of fused-ring (bicyclic) bond motifs is 2. The van der Waals surface area contributed by atoms with Crippen molar-refractivity contribution >= 4 is 8.41 Å². The van der Waals surface area contributed by atoms with Crippen molar-refractivity contribution in [3.05, 3.63) is 102 Å². The molecule has 0 amide bonds. The van der Waals surface area contributed by atoms with Crippen LogP contribution in [0.3, 0.4) is 0 Å². The summed E-state index contributed by atoms with van der Waals surface area (Å²) in [7, 11) is 0. The normalized spacial score (nSPS) is 12.3. The second kappa shape index (κ2) is 12.0. The molecular formula is C24H28BO. The van der Waals surface area contributed by atoms with Crippen LogP contribution in [-0.2, 0) is 19.3 Å². The van der Waals surface area contributed by atoms with Crippen molar-refractivity contribution in [1.29, 1.82) is 0 Å². The third-order valence-electron chi connectivity index (χ3n) is 4.28. The van der Waals surface area contributed by atoms with Crippen LogP contribution >= 0.6 is 0 Å². The Kier molecular flexibility index (Phi) is 9.93. The second-order valence-corrected chi connectivity index (χ2v) is 5.98. The molecule has 1 heterocycles. The number of para-hydroxylation sites is 1. The van der Waals surface area contributed by atoms with E-state index in [1.54, 1.807) is 11.1 Å². The Bertz CT molecular complexity index is 618. The number of hydrogen-bond acceptors (Lipinski definition) is 1. The van der Waals surface area contributed by atoms with Gasteiger partial charge in [-0.2, -0.15) is 0 Å². The highest BCUT2D eigenvalue weighted by molar-refractivity contribution is 5.75. The smallest absolute Gasteiger partial charge is 0.122 e. The second-order valence-electron chi connectivity index (χ2n) is 5.98. The van der Waals surface area contributed by atoms with Gasteiger partial charge in [-0.1, -0.05) is 86.3 Å². The highest BCUT2D eigenvalue weighted by atomic mass is 16.5. The molecule has 5 rings (SSSR count). The molecule has 0 bridgehead atoms. The Morgan fingerprint density at radius 3 is 1.50 bits per heavy atom. The van der Waals surface area contributed by atoms with Crippen molar-refractivity contribution < 1.29 is 4.74 Å². The van der Waals surface area contributed by atoms with E-state index < -0.39 is 0 Å². The van der Waals surface area contributed by atoms with Crippen molar-refractivity contribution in [2.24, 2.45) is 0 Å². The number of hydrogen-bond donors (Lipinski definition) is 0. The lowest BCUT2D eigenvalue weighted by Gasteiger charge is -1.93. The summed E-state index contributed by atoms with van der Waals surface area (Å²) in [5.74, 6) is 1.07. The van der Waals surface area contributed by atoms with Crippen LogP contribution in [0.25, 0.3) is 0 Å². The Morgan fingerprint density at radius 1 is 0.538 bits per heavy atom. The highest BCUT2D eigenvalue weighted by Crippen LogP contribution is 2.23. The van der Waals surface area contributed by atoms with Gasteiger partial charge >= 0.3 is 0 Å². The molecule has 1 aliphatic carbocycles. The maximum Gasteiger partial charge on any atom is 0.122 e. The van der Waals surface area contributed by atoms with Gasteiger partial charge in [-0.3, -0.25) is 0 Å². The van der Waals surface area contributed by atoms with E-state index in [-0.39, 0.29) is 15.8 Å². The summed E-state index contributed by atoms with van der Waals surface area (Å²) in [5.41, 5.74) is 4.48.